The van der Waals surface area contributed by atoms with Gasteiger partial charge in [0.1, 0.15) is 12.4 Å². The van der Waals surface area contributed by atoms with Gasteiger partial charge >= 0.3 is 0 Å². The molecule has 0 spiro atoms. The molecule has 4 rings (SSSR count). The molecule has 0 aliphatic carbocycles. The van der Waals surface area contributed by atoms with Crippen LogP contribution in [0.3, 0.4) is 0 Å². The topological polar surface area (TPSA) is 85.4 Å². The summed E-state index contributed by atoms with van der Waals surface area (Å²) in [5.41, 5.74) is 0. The second-order valence-electron chi connectivity index (χ2n) is 8.17. The molecule has 2 aromatic rings. The highest BCUT2D eigenvalue weighted by Crippen LogP contribution is 2.27. The Hall–Kier alpha value is -1.69. The predicted molar refractivity (Wildman–Crippen MR) is 126 cm³/mol. The SMILES string of the molecule is Cc1nnc(CN=C(NCC2CCCO2)N2CCC(C)C(n3ccnc3)C2)n1C.I. The minimum atomic E-state index is 0. The number of piperidine rings is 1. The molecule has 30 heavy (non-hydrogen) atoms. The number of aryl methyl sites for hydroxylation is 1. The lowest BCUT2D eigenvalue weighted by Gasteiger charge is -2.39. The number of guanidine groups is 1. The molecule has 4 heterocycles. The Kier molecular flexibility index (Phi) is 8.09. The highest BCUT2D eigenvalue weighted by Gasteiger charge is 2.29. The highest BCUT2D eigenvalue weighted by molar-refractivity contribution is 14.0. The van der Waals surface area contributed by atoms with Crippen LogP contribution in [-0.4, -0.2) is 67.5 Å². The van der Waals surface area contributed by atoms with Crippen molar-refractivity contribution >= 4 is 29.9 Å². The maximum absolute atomic E-state index is 5.80. The van der Waals surface area contributed by atoms with Gasteiger partial charge in [0.15, 0.2) is 11.8 Å². The Balaban J connectivity index is 0.00000256. The van der Waals surface area contributed by atoms with Crippen molar-refractivity contribution in [3.63, 3.8) is 0 Å². The lowest BCUT2D eigenvalue weighted by molar-refractivity contribution is 0.112. The van der Waals surface area contributed by atoms with E-state index in [0.29, 0.717) is 18.5 Å². The smallest absolute Gasteiger partial charge is 0.194 e. The molecule has 9 nitrogen and oxygen atoms in total. The first-order chi connectivity index (χ1) is 14.1. The van der Waals surface area contributed by atoms with Crippen LogP contribution in [0.25, 0.3) is 0 Å². The van der Waals surface area contributed by atoms with Gasteiger partial charge in [0.25, 0.3) is 0 Å². The van der Waals surface area contributed by atoms with Gasteiger partial charge < -0.3 is 24.1 Å². The van der Waals surface area contributed by atoms with Crippen LogP contribution in [0.15, 0.2) is 23.7 Å². The zero-order chi connectivity index (χ0) is 20.2. The molecule has 166 valence electrons. The van der Waals surface area contributed by atoms with Crippen LogP contribution in [0, 0.1) is 12.8 Å². The molecule has 2 aromatic heterocycles. The van der Waals surface area contributed by atoms with E-state index in [4.69, 9.17) is 9.73 Å². The van der Waals surface area contributed by atoms with Crippen molar-refractivity contribution in [1.29, 1.82) is 0 Å². The van der Waals surface area contributed by atoms with Crippen molar-refractivity contribution in [3.05, 3.63) is 30.4 Å². The zero-order valence-corrected chi connectivity index (χ0v) is 20.4. The summed E-state index contributed by atoms with van der Waals surface area (Å²) in [4.78, 5) is 11.5. The highest BCUT2D eigenvalue weighted by atomic mass is 127. The van der Waals surface area contributed by atoms with E-state index in [1.165, 1.54) is 0 Å². The van der Waals surface area contributed by atoms with Crippen LogP contribution in [-0.2, 0) is 18.3 Å². The van der Waals surface area contributed by atoms with Crippen molar-refractivity contribution in [2.24, 2.45) is 18.0 Å². The predicted octanol–water partition coefficient (Wildman–Crippen LogP) is 2.15. The average molecular weight is 528 g/mol. The average Bonchev–Trinajstić information content (AvgIpc) is 3.48. The molecule has 2 saturated heterocycles. The number of imidazole rings is 1. The Morgan fingerprint density at radius 1 is 1.33 bits per heavy atom. The fourth-order valence-electron chi connectivity index (χ4n) is 4.11. The minimum Gasteiger partial charge on any atom is -0.376 e. The molecule has 0 aromatic carbocycles. The molecule has 3 atom stereocenters. The van der Waals surface area contributed by atoms with Gasteiger partial charge in [-0.05, 0) is 32.1 Å². The maximum atomic E-state index is 5.80. The Morgan fingerprint density at radius 2 is 2.20 bits per heavy atom. The molecular weight excluding hydrogens is 495 g/mol. The first-order valence-electron chi connectivity index (χ1n) is 10.6. The van der Waals surface area contributed by atoms with Gasteiger partial charge in [-0.25, -0.2) is 9.98 Å². The third-order valence-corrected chi connectivity index (χ3v) is 6.19. The van der Waals surface area contributed by atoms with E-state index in [2.05, 4.69) is 43.1 Å². The van der Waals surface area contributed by atoms with E-state index in [-0.39, 0.29) is 30.1 Å². The fourth-order valence-corrected chi connectivity index (χ4v) is 4.11. The van der Waals surface area contributed by atoms with Crippen molar-refractivity contribution in [1.82, 2.24) is 34.5 Å². The van der Waals surface area contributed by atoms with Crippen molar-refractivity contribution in [2.45, 2.75) is 51.8 Å². The van der Waals surface area contributed by atoms with Crippen molar-refractivity contribution in [2.75, 3.05) is 26.2 Å². The van der Waals surface area contributed by atoms with Gasteiger partial charge in [0.2, 0.25) is 0 Å². The van der Waals surface area contributed by atoms with E-state index >= 15 is 0 Å². The number of likely N-dealkylation sites (tertiary alicyclic amines) is 1. The number of hydrogen-bond acceptors (Lipinski definition) is 5. The molecule has 1 N–H and O–H groups in total. The van der Waals surface area contributed by atoms with Gasteiger partial charge in [0, 0.05) is 45.7 Å². The normalized spacial score (nSPS) is 24.7. The first-order valence-corrected chi connectivity index (χ1v) is 10.6. The summed E-state index contributed by atoms with van der Waals surface area (Å²) in [6, 6.07) is 0.387. The van der Waals surface area contributed by atoms with Crippen molar-refractivity contribution in [3.8, 4) is 0 Å². The third-order valence-electron chi connectivity index (χ3n) is 6.19. The lowest BCUT2D eigenvalue weighted by atomic mass is 9.93. The number of nitrogens with zero attached hydrogens (tertiary/aromatic N) is 7. The fraction of sp³-hybridized carbons (Fsp3) is 0.700. The molecule has 0 saturated carbocycles. The standard InChI is InChI=1S/C20H32N8O.HI/c1-15-6-8-27(13-18(15)28-9-7-21-14-28)20(22-11-17-5-4-10-29-17)23-12-19-25-24-16(2)26(19)3;/h7,9,14-15,17-18H,4-6,8,10-13H2,1-3H3,(H,22,23);1H. The molecule has 2 fully saturated rings. The second kappa shape index (κ2) is 10.6. The second-order valence-corrected chi connectivity index (χ2v) is 8.17. The monoisotopic (exact) mass is 528 g/mol. The third kappa shape index (κ3) is 5.32. The molecule has 2 aliphatic rings. The van der Waals surface area contributed by atoms with Crippen LogP contribution in [0.1, 0.15) is 43.9 Å². The van der Waals surface area contributed by atoms with E-state index in [1.807, 2.05) is 31.1 Å². The summed E-state index contributed by atoms with van der Waals surface area (Å²) in [5, 5.41) is 12.0. The van der Waals surface area contributed by atoms with Crippen LogP contribution in [0.5, 0.6) is 0 Å². The summed E-state index contributed by atoms with van der Waals surface area (Å²) >= 11 is 0. The summed E-state index contributed by atoms with van der Waals surface area (Å²) < 4.78 is 10.0. The summed E-state index contributed by atoms with van der Waals surface area (Å²) in [6.45, 7) is 8.33. The van der Waals surface area contributed by atoms with Crippen molar-refractivity contribution < 1.29 is 4.74 Å². The van der Waals surface area contributed by atoms with Crippen LogP contribution in [0.2, 0.25) is 0 Å². The van der Waals surface area contributed by atoms with Crippen LogP contribution < -0.4 is 5.32 Å². The summed E-state index contributed by atoms with van der Waals surface area (Å²) in [7, 11) is 1.98. The first kappa shape index (κ1) is 23.0. The van der Waals surface area contributed by atoms with Crippen LogP contribution >= 0.6 is 24.0 Å². The van der Waals surface area contributed by atoms with Crippen LogP contribution in [0.4, 0.5) is 0 Å². The Labute approximate surface area is 195 Å². The summed E-state index contributed by atoms with van der Waals surface area (Å²) in [5.74, 6) is 3.30. The van der Waals surface area contributed by atoms with E-state index < -0.39 is 0 Å². The molecule has 0 bridgehead atoms. The van der Waals surface area contributed by atoms with E-state index in [1.54, 1.807) is 0 Å². The largest absolute Gasteiger partial charge is 0.376 e. The van der Waals surface area contributed by atoms with Gasteiger partial charge in [0.05, 0.1) is 18.5 Å². The molecule has 3 unspecified atom stereocenters. The number of aliphatic imine (C=N–C) groups is 1. The Morgan fingerprint density at radius 3 is 2.87 bits per heavy atom. The lowest BCUT2D eigenvalue weighted by Crippen LogP contribution is -2.50. The number of aromatic nitrogens is 5. The molecular formula is C20H33IN8O. The maximum Gasteiger partial charge on any atom is 0.194 e. The Bertz CT molecular complexity index is 815. The van der Waals surface area contributed by atoms with Gasteiger partial charge in [-0.15, -0.1) is 34.2 Å². The van der Waals surface area contributed by atoms with E-state index in [0.717, 1.165) is 63.1 Å². The van der Waals surface area contributed by atoms with Gasteiger partial charge in [-0.3, -0.25) is 0 Å². The molecule has 0 radical (unpaired) electrons. The number of ether oxygens (including phenoxy) is 1. The minimum absolute atomic E-state index is 0. The molecule has 0 amide bonds. The van der Waals surface area contributed by atoms with E-state index in [9.17, 15) is 0 Å². The van der Waals surface area contributed by atoms with Gasteiger partial charge in [-0.2, -0.15) is 0 Å². The number of nitrogens with one attached hydrogen (secondary N) is 1. The zero-order valence-electron chi connectivity index (χ0n) is 18.1. The number of halogens is 1. The summed E-state index contributed by atoms with van der Waals surface area (Å²) in [6.07, 6.45) is 9.47. The molecule has 10 heteroatoms. The number of hydrogen-bond donors (Lipinski definition) is 1. The quantitative estimate of drug-likeness (QED) is 0.364. The number of rotatable bonds is 5. The van der Waals surface area contributed by atoms with Gasteiger partial charge in [-0.1, -0.05) is 6.92 Å². The molecule has 2 aliphatic heterocycles.